The molecule has 0 fully saturated rings. The highest BCUT2D eigenvalue weighted by Gasteiger charge is 2.49. The Morgan fingerprint density at radius 3 is 1.52 bits per heavy atom. The number of benzene rings is 6. The van der Waals surface area contributed by atoms with Gasteiger partial charge in [0.05, 0.1) is 11.8 Å². The summed E-state index contributed by atoms with van der Waals surface area (Å²) < 4.78 is 13.5. The summed E-state index contributed by atoms with van der Waals surface area (Å²) in [5.41, 5.74) is 5.73. The number of aromatic hydroxyl groups is 8. The van der Waals surface area contributed by atoms with E-state index in [0.29, 0.717) is 33.8 Å². The average Bonchev–Trinajstić information content (AvgIpc) is 3.62. The van der Waals surface area contributed by atoms with Crippen LogP contribution >= 0.6 is 0 Å². The zero-order valence-corrected chi connectivity index (χ0v) is 27.3. The Morgan fingerprint density at radius 2 is 0.923 bits per heavy atom. The molecule has 260 valence electrons. The molecule has 9 rings (SSSR count). The van der Waals surface area contributed by atoms with Crippen LogP contribution in [0.15, 0.2) is 103 Å². The van der Waals surface area contributed by atoms with E-state index in [-0.39, 0.29) is 52.4 Å². The normalized spacial score (nSPS) is 21.0. The molecule has 10 nitrogen and oxygen atoms in total. The van der Waals surface area contributed by atoms with Crippen molar-refractivity contribution in [2.24, 2.45) is 0 Å². The lowest BCUT2D eigenvalue weighted by atomic mass is 9.77. The zero-order chi connectivity index (χ0) is 36.0. The first-order chi connectivity index (χ1) is 25.0. The Balaban J connectivity index is 1.36. The third-order valence-corrected chi connectivity index (χ3v) is 10.6. The molecule has 6 aromatic carbocycles. The van der Waals surface area contributed by atoms with Gasteiger partial charge in [0.2, 0.25) is 0 Å². The van der Waals surface area contributed by atoms with Crippen LogP contribution in [-0.2, 0) is 6.42 Å². The smallest absolute Gasteiger partial charge is 0.135 e. The molecule has 0 saturated carbocycles. The first-order valence-electron chi connectivity index (χ1n) is 16.8. The number of rotatable bonds is 4. The first-order valence-corrected chi connectivity index (χ1v) is 16.8. The summed E-state index contributed by atoms with van der Waals surface area (Å²) in [5.74, 6) is -1.76. The van der Waals surface area contributed by atoms with Gasteiger partial charge in [-0.1, -0.05) is 30.3 Å². The van der Waals surface area contributed by atoms with Gasteiger partial charge in [-0.3, -0.25) is 0 Å². The lowest BCUT2D eigenvalue weighted by Crippen LogP contribution is -2.14. The van der Waals surface area contributed by atoms with Crippen LogP contribution in [0.2, 0.25) is 0 Å². The van der Waals surface area contributed by atoms with E-state index in [9.17, 15) is 40.9 Å². The standard InChI is InChI=1S/C42H32O10/c43-22-5-1-19(2-6-22)41-36(21-11-25(46)13-26(47)12-21)38-31-17-29(28-10-9-24(45)15-32(28)49)37-30(14-27(48)16-33(37)50)40-39(31)35(18-34(38)51-41)52-42(40)20-3-7-23(44)8-4-20/h1-16,18,29,36,40-50H,17H2/t29-,36?,40+,41?,42+/m0/s1. The van der Waals surface area contributed by atoms with Gasteiger partial charge in [0, 0.05) is 52.4 Å². The van der Waals surface area contributed by atoms with Crippen LogP contribution in [0.3, 0.4) is 0 Å². The zero-order valence-electron chi connectivity index (χ0n) is 27.3. The van der Waals surface area contributed by atoms with E-state index in [2.05, 4.69) is 0 Å². The summed E-state index contributed by atoms with van der Waals surface area (Å²) in [6, 6.07) is 26.6. The Hall–Kier alpha value is -6.68. The number of hydrogen-bond donors (Lipinski definition) is 8. The minimum absolute atomic E-state index is 0.0734. The highest BCUT2D eigenvalue weighted by molar-refractivity contribution is 5.69. The van der Waals surface area contributed by atoms with Crippen LogP contribution < -0.4 is 9.47 Å². The van der Waals surface area contributed by atoms with Crippen LogP contribution in [-0.4, -0.2) is 40.9 Å². The molecule has 10 heteroatoms. The van der Waals surface area contributed by atoms with Crippen molar-refractivity contribution in [2.45, 2.75) is 36.4 Å². The quantitative estimate of drug-likeness (QED) is 0.0917. The summed E-state index contributed by atoms with van der Waals surface area (Å²) in [7, 11) is 0. The number of hydrogen-bond acceptors (Lipinski definition) is 10. The SMILES string of the molecule is Oc1ccc(C2Oc3cc4c5c(c3C2c2cc(O)cc(O)c2)C[C@@H](c2ccc(O)cc2O)c2c(O)cc(O)cc2[C@H]5[C@@H](c2ccc(O)cc2)O4)cc1. The molecule has 2 aliphatic heterocycles. The Morgan fingerprint density at radius 1 is 0.404 bits per heavy atom. The molecule has 2 heterocycles. The molecule has 0 aromatic heterocycles. The second-order valence-electron chi connectivity index (χ2n) is 13.6. The van der Waals surface area contributed by atoms with Crippen molar-refractivity contribution in [1.82, 2.24) is 0 Å². The number of phenolic OH excluding ortho intramolecular Hbond substituents is 8. The van der Waals surface area contributed by atoms with Crippen LogP contribution in [0.4, 0.5) is 0 Å². The molecule has 0 bridgehead atoms. The number of phenols is 8. The number of ether oxygens (including phenoxy) is 2. The van der Waals surface area contributed by atoms with E-state index in [1.54, 1.807) is 72.8 Å². The first kappa shape index (κ1) is 31.3. The largest absolute Gasteiger partial charge is 0.508 e. The van der Waals surface area contributed by atoms with Crippen LogP contribution in [0.25, 0.3) is 0 Å². The fourth-order valence-corrected chi connectivity index (χ4v) is 8.51. The predicted molar refractivity (Wildman–Crippen MR) is 188 cm³/mol. The maximum absolute atomic E-state index is 11.7. The molecule has 8 N–H and O–H groups in total. The molecule has 52 heavy (non-hydrogen) atoms. The van der Waals surface area contributed by atoms with Crippen LogP contribution in [0.1, 0.15) is 80.0 Å². The molecule has 0 radical (unpaired) electrons. The Kier molecular flexibility index (Phi) is 6.88. The van der Waals surface area contributed by atoms with Gasteiger partial charge in [0.15, 0.2) is 0 Å². The maximum atomic E-state index is 11.7. The number of fused-ring (bicyclic) bond motifs is 4. The molecule has 0 amide bonds. The highest BCUT2D eigenvalue weighted by atomic mass is 16.5. The van der Waals surface area contributed by atoms with E-state index >= 15 is 0 Å². The lowest BCUT2D eigenvalue weighted by Gasteiger charge is -2.25. The van der Waals surface area contributed by atoms with Crippen molar-refractivity contribution in [3.8, 4) is 57.5 Å². The molecule has 5 atom stereocenters. The van der Waals surface area contributed by atoms with Crippen LogP contribution in [0, 0.1) is 0 Å². The lowest BCUT2D eigenvalue weighted by molar-refractivity contribution is 0.212. The second kappa shape index (κ2) is 11.4. The van der Waals surface area contributed by atoms with Crippen molar-refractivity contribution in [1.29, 1.82) is 0 Å². The maximum Gasteiger partial charge on any atom is 0.135 e. The monoisotopic (exact) mass is 696 g/mol. The third kappa shape index (κ3) is 4.86. The summed E-state index contributed by atoms with van der Waals surface area (Å²) in [6.45, 7) is 0. The molecule has 3 aliphatic rings. The van der Waals surface area contributed by atoms with Crippen molar-refractivity contribution in [3.63, 3.8) is 0 Å². The molecule has 1 aliphatic carbocycles. The van der Waals surface area contributed by atoms with E-state index in [1.807, 2.05) is 6.07 Å². The van der Waals surface area contributed by atoms with Gasteiger partial charge in [0.25, 0.3) is 0 Å². The molecule has 0 spiro atoms. The van der Waals surface area contributed by atoms with Crippen molar-refractivity contribution >= 4 is 0 Å². The molecular weight excluding hydrogens is 664 g/mol. The van der Waals surface area contributed by atoms with Crippen molar-refractivity contribution in [3.05, 3.63) is 153 Å². The average molecular weight is 697 g/mol. The molecule has 0 saturated heterocycles. The Labute approximate surface area is 296 Å². The third-order valence-electron chi connectivity index (χ3n) is 10.6. The second-order valence-corrected chi connectivity index (χ2v) is 13.6. The van der Waals surface area contributed by atoms with Gasteiger partial charge < -0.3 is 50.3 Å². The minimum Gasteiger partial charge on any atom is -0.508 e. The van der Waals surface area contributed by atoms with Crippen LogP contribution in [0.5, 0.6) is 57.5 Å². The van der Waals surface area contributed by atoms with Gasteiger partial charge >= 0.3 is 0 Å². The summed E-state index contributed by atoms with van der Waals surface area (Å²) in [4.78, 5) is 0. The van der Waals surface area contributed by atoms with Gasteiger partial charge in [-0.05, 0) is 82.8 Å². The van der Waals surface area contributed by atoms with Crippen molar-refractivity contribution in [2.75, 3.05) is 0 Å². The van der Waals surface area contributed by atoms with Gasteiger partial charge in [-0.25, -0.2) is 0 Å². The molecular formula is C42H32O10. The molecule has 2 unspecified atom stereocenters. The minimum atomic E-state index is -0.705. The van der Waals surface area contributed by atoms with Gasteiger partial charge in [-0.2, -0.15) is 0 Å². The predicted octanol–water partition coefficient (Wildman–Crippen LogP) is 7.55. The van der Waals surface area contributed by atoms with E-state index in [0.717, 1.165) is 27.8 Å². The van der Waals surface area contributed by atoms with Gasteiger partial charge in [0.1, 0.15) is 69.7 Å². The van der Waals surface area contributed by atoms with Gasteiger partial charge in [-0.15, -0.1) is 0 Å². The van der Waals surface area contributed by atoms with E-state index in [4.69, 9.17) is 9.47 Å². The fraction of sp³-hybridized carbons (Fsp3) is 0.143. The summed E-state index contributed by atoms with van der Waals surface area (Å²) >= 11 is 0. The fourth-order valence-electron chi connectivity index (χ4n) is 8.51. The van der Waals surface area contributed by atoms with Crippen molar-refractivity contribution < 1.29 is 50.3 Å². The Bertz CT molecular complexity index is 2380. The summed E-state index contributed by atoms with van der Waals surface area (Å²) in [5, 5.41) is 85.8. The topological polar surface area (TPSA) is 180 Å². The molecule has 6 aromatic rings. The van der Waals surface area contributed by atoms with E-state index < -0.39 is 30.0 Å². The highest BCUT2D eigenvalue weighted by Crippen LogP contribution is 2.63. The van der Waals surface area contributed by atoms with E-state index in [1.165, 1.54) is 24.3 Å². The summed E-state index contributed by atoms with van der Waals surface area (Å²) in [6.07, 6.45) is -1.16.